The highest BCUT2D eigenvalue weighted by Crippen LogP contribution is 2.29. The molecular formula is C28H34O14. The zero-order valence-corrected chi connectivity index (χ0v) is 22.5. The van der Waals surface area contributed by atoms with E-state index in [0.717, 1.165) is 6.08 Å². The molecule has 2 aromatic rings. The lowest BCUT2D eigenvalue weighted by Gasteiger charge is -2.43. The molecule has 9 atom stereocenters. The predicted octanol–water partition coefficient (Wildman–Crippen LogP) is -0.377. The number of aliphatic hydroxyl groups excluding tert-OH is 4. The van der Waals surface area contributed by atoms with Crippen LogP contribution in [-0.2, 0) is 34.9 Å². The molecule has 2 heterocycles. The number of hydrogen-bond donors (Lipinski definition) is 8. The van der Waals surface area contributed by atoms with E-state index in [9.17, 15) is 45.6 Å². The van der Waals surface area contributed by atoms with E-state index in [0.29, 0.717) is 11.1 Å². The number of rotatable bonds is 9. The number of carbonyl (C=O) groups is 1. The van der Waals surface area contributed by atoms with E-state index >= 15 is 0 Å². The van der Waals surface area contributed by atoms with Gasteiger partial charge in [-0.2, -0.15) is 0 Å². The number of hydrogen-bond acceptors (Lipinski definition) is 14. The van der Waals surface area contributed by atoms with Gasteiger partial charge in [-0.15, -0.1) is 0 Å². The molecule has 14 heteroatoms. The first kappa shape index (κ1) is 31.5. The van der Waals surface area contributed by atoms with Gasteiger partial charge < -0.3 is 64.5 Å². The Balaban J connectivity index is 1.45. The molecule has 2 aromatic carbocycles. The van der Waals surface area contributed by atoms with Crippen LogP contribution in [0.2, 0.25) is 0 Å². The highest BCUT2D eigenvalue weighted by Gasteiger charge is 2.48. The van der Waals surface area contributed by atoms with Crippen LogP contribution < -0.4 is 0 Å². The van der Waals surface area contributed by atoms with Gasteiger partial charge in [0, 0.05) is 6.08 Å². The fourth-order valence-electron chi connectivity index (χ4n) is 4.44. The number of benzene rings is 2. The van der Waals surface area contributed by atoms with Gasteiger partial charge >= 0.3 is 5.97 Å². The summed E-state index contributed by atoms with van der Waals surface area (Å²) in [5.74, 6) is -2.24. The maximum absolute atomic E-state index is 12.7. The van der Waals surface area contributed by atoms with Gasteiger partial charge in [0.2, 0.25) is 0 Å². The van der Waals surface area contributed by atoms with Crippen molar-refractivity contribution >= 4 is 12.0 Å². The average molecular weight is 595 g/mol. The molecule has 4 rings (SSSR count). The highest BCUT2D eigenvalue weighted by atomic mass is 16.7. The average Bonchev–Trinajstić information content (AvgIpc) is 2.96. The number of esters is 1. The standard InChI is InChI=1S/C28H34O14/c1-13-22(34)24(36)25(37)27(40-13)41-20-12-39-28(38-9-8-15-3-6-17(30)19(32)11-15)26(23(20)35)42-21(33)7-4-14-2-5-16(29)18(31)10-14/h2-7,10-11,13,20,22-32,34-37H,8-9,12H2,1H3. The van der Waals surface area contributed by atoms with Gasteiger partial charge in [0.25, 0.3) is 0 Å². The van der Waals surface area contributed by atoms with Crippen molar-refractivity contribution in [1.29, 1.82) is 0 Å². The Labute approximate surface area is 240 Å². The quantitative estimate of drug-likeness (QED) is 0.105. The molecule has 230 valence electrons. The summed E-state index contributed by atoms with van der Waals surface area (Å²) in [6.07, 6.45) is -9.85. The van der Waals surface area contributed by atoms with Gasteiger partial charge in [-0.1, -0.05) is 12.1 Å². The summed E-state index contributed by atoms with van der Waals surface area (Å²) >= 11 is 0. The van der Waals surface area contributed by atoms with Crippen molar-refractivity contribution in [3.8, 4) is 23.0 Å². The smallest absolute Gasteiger partial charge is 0.331 e. The molecule has 42 heavy (non-hydrogen) atoms. The van der Waals surface area contributed by atoms with Crippen LogP contribution in [0.5, 0.6) is 23.0 Å². The van der Waals surface area contributed by atoms with Crippen LogP contribution in [0, 0.1) is 0 Å². The monoisotopic (exact) mass is 594 g/mol. The summed E-state index contributed by atoms with van der Waals surface area (Å²) in [5.41, 5.74) is 0.988. The number of aliphatic hydroxyl groups is 4. The molecule has 0 saturated carbocycles. The molecular weight excluding hydrogens is 560 g/mol. The van der Waals surface area contributed by atoms with Crippen molar-refractivity contribution in [2.45, 2.75) is 68.7 Å². The molecule has 2 aliphatic rings. The maximum atomic E-state index is 12.7. The molecule has 0 bridgehead atoms. The van der Waals surface area contributed by atoms with Crippen molar-refractivity contribution in [3.05, 3.63) is 53.6 Å². The third-order valence-corrected chi connectivity index (χ3v) is 6.90. The Morgan fingerprint density at radius 2 is 1.57 bits per heavy atom. The summed E-state index contributed by atoms with van der Waals surface area (Å²) in [7, 11) is 0. The molecule has 9 unspecified atom stereocenters. The van der Waals surface area contributed by atoms with Crippen LogP contribution in [0.25, 0.3) is 6.08 Å². The van der Waals surface area contributed by atoms with Crippen molar-refractivity contribution in [3.63, 3.8) is 0 Å². The lowest BCUT2D eigenvalue weighted by molar-refractivity contribution is -0.339. The molecule has 8 N–H and O–H groups in total. The molecule has 0 spiro atoms. The number of carbonyl (C=O) groups excluding carboxylic acids is 1. The molecule has 2 aliphatic heterocycles. The van der Waals surface area contributed by atoms with Crippen molar-refractivity contribution in [1.82, 2.24) is 0 Å². The Bertz CT molecular complexity index is 1250. The Kier molecular flexibility index (Phi) is 10.2. The van der Waals surface area contributed by atoms with Crippen molar-refractivity contribution < 1.29 is 69.3 Å². The van der Waals surface area contributed by atoms with Crippen molar-refractivity contribution in [2.75, 3.05) is 13.2 Å². The van der Waals surface area contributed by atoms with Crippen LogP contribution >= 0.6 is 0 Å². The first-order valence-corrected chi connectivity index (χ1v) is 13.1. The third kappa shape index (κ3) is 7.48. The minimum atomic E-state index is -1.65. The van der Waals surface area contributed by atoms with Crippen molar-refractivity contribution in [2.24, 2.45) is 0 Å². The van der Waals surface area contributed by atoms with Gasteiger partial charge in [-0.3, -0.25) is 0 Å². The topological polar surface area (TPSA) is 225 Å². The van der Waals surface area contributed by atoms with E-state index in [2.05, 4.69) is 0 Å². The molecule has 0 aromatic heterocycles. The fourth-order valence-corrected chi connectivity index (χ4v) is 4.44. The highest BCUT2D eigenvalue weighted by molar-refractivity contribution is 5.87. The first-order valence-electron chi connectivity index (χ1n) is 13.1. The molecule has 0 amide bonds. The lowest BCUT2D eigenvalue weighted by atomic mass is 9.99. The van der Waals surface area contributed by atoms with Gasteiger partial charge in [-0.05, 0) is 54.8 Å². The minimum Gasteiger partial charge on any atom is -0.504 e. The number of phenols is 4. The normalized spacial score (nSPS) is 31.7. The van der Waals surface area contributed by atoms with Gasteiger partial charge in [0.1, 0.15) is 30.5 Å². The Morgan fingerprint density at radius 3 is 2.26 bits per heavy atom. The van der Waals surface area contributed by atoms with Crippen LogP contribution in [0.15, 0.2) is 42.5 Å². The summed E-state index contributed by atoms with van der Waals surface area (Å²) in [6.45, 7) is 1.17. The fraction of sp³-hybridized carbons (Fsp3) is 0.464. The molecule has 2 fully saturated rings. The van der Waals surface area contributed by atoms with Gasteiger partial charge in [0.15, 0.2) is 41.7 Å². The minimum absolute atomic E-state index is 0.00412. The largest absolute Gasteiger partial charge is 0.504 e. The predicted molar refractivity (Wildman–Crippen MR) is 141 cm³/mol. The van der Waals surface area contributed by atoms with E-state index in [1.54, 1.807) is 6.07 Å². The van der Waals surface area contributed by atoms with E-state index in [1.165, 1.54) is 43.3 Å². The lowest BCUT2D eigenvalue weighted by Crippen LogP contribution is -2.61. The molecule has 0 radical (unpaired) electrons. The summed E-state index contributed by atoms with van der Waals surface area (Å²) in [5, 5.41) is 79.8. The second-order valence-electron chi connectivity index (χ2n) is 9.98. The van der Waals surface area contributed by atoms with Gasteiger partial charge in [-0.25, -0.2) is 4.79 Å². The number of phenolic OH excluding ortho intramolecular Hbond substituents is 4. The Morgan fingerprint density at radius 1 is 0.881 bits per heavy atom. The zero-order chi connectivity index (χ0) is 30.6. The van der Waals surface area contributed by atoms with Gasteiger partial charge in [0.05, 0.1) is 19.3 Å². The summed E-state index contributed by atoms with van der Waals surface area (Å²) in [4.78, 5) is 12.7. The third-order valence-electron chi connectivity index (χ3n) is 6.90. The van der Waals surface area contributed by atoms with Crippen LogP contribution in [0.3, 0.4) is 0 Å². The maximum Gasteiger partial charge on any atom is 0.331 e. The molecule has 0 aliphatic carbocycles. The number of aromatic hydroxyl groups is 4. The number of ether oxygens (including phenoxy) is 5. The van der Waals surface area contributed by atoms with Crippen LogP contribution in [-0.4, -0.2) is 115 Å². The second-order valence-corrected chi connectivity index (χ2v) is 9.98. The molecule has 14 nitrogen and oxygen atoms in total. The summed E-state index contributed by atoms with van der Waals surface area (Å²) in [6, 6.07) is 8.13. The summed E-state index contributed by atoms with van der Waals surface area (Å²) < 4.78 is 28.0. The zero-order valence-electron chi connectivity index (χ0n) is 22.5. The van der Waals surface area contributed by atoms with Crippen LogP contribution in [0.1, 0.15) is 18.1 Å². The Hall–Kier alpha value is -3.47. The van der Waals surface area contributed by atoms with Crippen LogP contribution in [0.4, 0.5) is 0 Å². The molecule has 2 saturated heterocycles. The van der Waals surface area contributed by atoms with E-state index in [1.807, 2.05) is 0 Å². The SMILES string of the molecule is CC1OC(OC2COC(OCCc3ccc(O)c(O)c3)C(OC(=O)C=Cc3ccc(O)c(O)c3)C2O)C(O)C(O)C1O. The van der Waals surface area contributed by atoms with E-state index < -0.39 is 67.0 Å². The second kappa shape index (κ2) is 13.7. The van der Waals surface area contributed by atoms with E-state index in [4.69, 9.17) is 23.7 Å². The van der Waals surface area contributed by atoms with E-state index in [-0.39, 0.29) is 36.9 Å². The first-order chi connectivity index (χ1) is 19.9.